The van der Waals surface area contributed by atoms with Crippen molar-refractivity contribution >= 4 is 34.2 Å². The van der Waals surface area contributed by atoms with Gasteiger partial charge in [-0.25, -0.2) is 4.98 Å². The fraction of sp³-hybridized carbons (Fsp3) is 0.100. The Labute approximate surface area is 156 Å². The maximum Gasteiger partial charge on any atom is 0.136 e. The van der Waals surface area contributed by atoms with E-state index in [0.717, 1.165) is 16.9 Å². The maximum atomic E-state index is 9.47. The van der Waals surface area contributed by atoms with Crippen molar-refractivity contribution in [3.63, 3.8) is 0 Å². The van der Waals surface area contributed by atoms with E-state index in [4.69, 9.17) is 11.6 Å². The number of aromatic nitrogens is 1. The third kappa shape index (κ3) is 4.08. The number of nitrogens with zero attached hydrogens (tertiary/aromatic N) is 2. The molecule has 0 aliphatic carbocycles. The number of hydrogen-bond acceptors (Lipinski definition) is 4. The van der Waals surface area contributed by atoms with Crippen LogP contribution in [0, 0.1) is 25.2 Å². The zero-order valence-electron chi connectivity index (χ0n) is 13.9. The molecule has 0 bridgehead atoms. The number of halogens is 1. The molecule has 0 aliphatic heterocycles. The van der Waals surface area contributed by atoms with Crippen LogP contribution in [0.1, 0.15) is 16.1 Å². The molecule has 0 saturated heterocycles. The van der Waals surface area contributed by atoms with Crippen molar-refractivity contribution < 1.29 is 0 Å². The quantitative estimate of drug-likeness (QED) is 0.572. The second kappa shape index (κ2) is 7.52. The molecule has 2 aromatic carbocycles. The van der Waals surface area contributed by atoms with Gasteiger partial charge in [0.05, 0.1) is 5.69 Å². The summed E-state index contributed by atoms with van der Waals surface area (Å²) in [7, 11) is 0. The highest BCUT2D eigenvalue weighted by atomic mass is 35.5. The SMILES string of the molecule is Cc1ccc(-c2csc(C(C#N)=CNc3cccc(Cl)c3)n2)c(C)c1. The van der Waals surface area contributed by atoms with Crippen LogP contribution in [0.15, 0.2) is 54.0 Å². The van der Waals surface area contributed by atoms with Crippen molar-refractivity contribution in [2.75, 3.05) is 5.32 Å². The zero-order chi connectivity index (χ0) is 17.8. The monoisotopic (exact) mass is 365 g/mol. The van der Waals surface area contributed by atoms with E-state index in [2.05, 4.69) is 48.4 Å². The second-order valence-electron chi connectivity index (χ2n) is 5.68. The number of allylic oxidation sites excluding steroid dienone is 1. The number of nitriles is 1. The van der Waals surface area contributed by atoms with Gasteiger partial charge in [0.25, 0.3) is 0 Å². The third-order valence-electron chi connectivity index (χ3n) is 3.72. The van der Waals surface area contributed by atoms with Gasteiger partial charge in [-0.1, -0.05) is 41.4 Å². The fourth-order valence-electron chi connectivity index (χ4n) is 2.50. The molecule has 1 heterocycles. The molecule has 3 rings (SSSR count). The zero-order valence-corrected chi connectivity index (χ0v) is 15.4. The molecule has 3 nitrogen and oxygen atoms in total. The van der Waals surface area contributed by atoms with Crippen LogP contribution in [-0.2, 0) is 0 Å². The van der Waals surface area contributed by atoms with Crippen LogP contribution in [0.25, 0.3) is 16.8 Å². The molecule has 1 aromatic heterocycles. The van der Waals surface area contributed by atoms with Crippen LogP contribution in [0.3, 0.4) is 0 Å². The van der Waals surface area contributed by atoms with Gasteiger partial charge in [-0.05, 0) is 37.6 Å². The number of aryl methyl sites for hydroxylation is 2. The minimum Gasteiger partial charge on any atom is -0.360 e. The average molecular weight is 366 g/mol. The van der Waals surface area contributed by atoms with Crippen molar-refractivity contribution in [1.29, 1.82) is 5.26 Å². The smallest absolute Gasteiger partial charge is 0.136 e. The average Bonchev–Trinajstić information content (AvgIpc) is 3.05. The van der Waals surface area contributed by atoms with E-state index in [0.29, 0.717) is 15.6 Å². The standard InChI is InChI=1S/C20H16ClN3S/c1-13-6-7-18(14(2)8-13)19-12-25-20(24-19)15(10-22)11-23-17-5-3-4-16(21)9-17/h3-9,11-12,23H,1-2H3. The summed E-state index contributed by atoms with van der Waals surface area (Å²) >= 11 is 7.43. The summed E-state index contributed by atoms with van der Waals surface area (Å²) < 4.78 is 0. The molecule has 0 amide bonds. The van der Waals surface area contributed by atoms with Crippen LogP contribution in [0.2, 0.25) is 5.02 Å². The molecule has 0 aliphatic rings. The van der Waals surface area contributed by atoms with E-state index in [1.165, 1.54) is 22.5 Å². The molecular weight excluding hydrogens is 350 g/mol. The van der Waals surface area contributed by atoms with Crippen molar-refractivity contribution in [2.45, 2.75) is 13.8 Å². The van der Waals surface area contributed by atoms with E-state index in [1.54, 1.807) is 18.3 Å². The summed E-state index contributed by atoms with van der Waals surface area (Å²) in [4.78, 5) is 4.63. The van der Waals surface area contributed by atoms with Gasteiger partial charge in [0.1, 0.15) is 16.6 Å². The molecule has 0 saturated carbocycles. The van der Waals surface area contributed by atoms with Gasteiger partial charge >= 0.3 is 0 Å². The Bertz CT molecular complexity index is 983. The lowest BCUT2D eigenvalue weighted by Crippen LogP contribution is -1.91. The van der Waals surface area contributed by atoms with Crippen LogP contribution in [0.5, 0.6) is 0 Å². The van der Waals surface area contributed by atoms with Gasteiger partial charge in [-0.3, -0.25) is 0 Å². The number of nitrogens with one attached hydrogen (secondary N) is 1. The van der Waals surface area contributed by atoms with E-state index in [-0.39, 0.29) is 0 Å². The molecule has 124 valence electrons. The van der Waals surface area contributed by atoms with Gasteiger partial charge < -0.3 is 5.32 Å². The Balaban J connectivity index is 1.86. The number of benzene rings is 2. The minimum absolute atomic E-state index is 0.487. The van der Waals surface area contributed by atoms with Crippen LogP contribution >= 0.6 is 22.9 Å². The summed E-state index contributed by atoms with van der Waals surface area (Å²) in [5, 5.41) is 15.9. The Morgan fingerprint density at radius 3 is 2.80 bits per heavy atom. The van der Waals surface area contributed by atoms with Crippen molar-refractivity contribution in [1.82, 2.24) is 4.98 Å². The first kappa shape index (κ1) is 17.2. The van der Waals surface area contributed by atoms with E-state index < -0.39 is 0 Å². The minimum atomic E-state index is 0.487. The molecule has 1 N–H and O–H groups in total. The first-order chi connectivity index (χ1) is 12.1. The lowest BCUT2D eigenvalue weighted by Gasteiger charge is -2.03. The number of anilines is 1. The lowest BCUT2D eigenvalue weighted by molar-refractivity contribution is 1.32. The Morgan fingerprint density at radius 2 is 2.08 bits per heavy atom. The summed E-state index contributed by atoms with van der Waals surface area (Å²) in [5.74, 6) is 0. The predicted molar refractivity (Wildman–Crippen MR) is 106 cm³/mol. The summed E-state index contributed by atoms with van der Waals surface area (Å²) in [6.07, 6.45) is 1.66. The Kier molecular flexibility index (Phi) is 5.18. The fourth-order valence-corrected chi connectivity index (χ4v) is 3.47. The van der Waals surface area contributed by atoms with Gasteiger partial charge in [0, 0.05) is 27.9 Å². The first-order valence-corrected chi connectivity index (χ1v) is 8.98. The van der Waals surface area contributed by atoms with Crippen LogP contribution in [0.4, 0.5) is 5.69 Å². The predicted octanol–water partition coefficient (Wildman–Crippen LogP) is 6.06. The van der Waals surface area contributed by atoms with Crippen LogP contribution in [-0.4, -0.2) is 4.98 Å². The van der Waals surface area contributed by atoms with E-state index in [9.17, 15) is 5.26 Å². The maximum absolute atomic E-state index is 9.47. The molecule has 0 spiro atoms. The molecule has 3 aromatic rings. The first-order valence-electron chi connectivity index (χ1n) is 7.73. The molecule has 0 unspecified atom stereocenters. The van der Waals surface area contributed by atoms with Crippen LogP contribution < -0.4 is 5.32 Å². The highest BCUT2D eigenvalue weighted by Crippen LogP contribution is 2.28. The Hall–Kier alpha value is -2.61. The Morgan fingerprint density at radius 1 is 1.24 bits per heavy atom. The third-order valence-corrected chi connectivity index (χ3v) is 4.83. The number of thiazole rings is 1. The molecule has 0 atom stereocenters. The summed E-state index contributed by atoms with van der Waals surface area (Å²) in [6, 6.07) is 15.8. The van der Waals surface area contributed by atoms with E-state index in [1.807, 2.05) is 17.5 Å². The largest absolute Gasteiger partial charge is 0.360 e. The highest BCUT2D eigenvalue weighted by Gasteiger charge is 2.10. The van der Waals surface area contributed by atoms with Gasteiger partial charge in [0.15, 0.2) is 0 Å². The van der Waals surface area contributed by atoms with Gasteiger partial charge in [-0.2, -0.15) is 5.26 Å². The molecule has 0 fully saturated rings. The molecular formula is C20H16ClN3S. The summed E-state index contributed by atoms with van der Waals surface area (Å²) in [5.41, 5.74) is 5.69. The van der Waals surface area contributed by atoms with Gasteiger partial charge in [0.2, 0.25) is 0 Å². The summed E-state index contributed by atoms with van der Waals surface area (Å²) in [6.45, 7) is 4.14. The van der Waals surface area contributed by atoms with Gasteiger partial charge in [-0.15, -0.1) is 11.3 Å². The van der Waals surface area contributed by atoms with E-state index >= 15 is 0 Å². The van der Waals surface area contributed by atoms with Crippen molar-refractivity contribution in [3.8, 4) is 17.3 Å². The lowest BCUT2D eigenvalue weighted by atomic mass is 10.0. The van der Waals surface area contributed by atoms with Crippen molar-refractivity contribution in [3.05, 3.63) is 75.2 Å². The normalized spacial score (nSPS) is 11.2. The topological polar surface area (TPSA) is 48.7 Å². The molecule has 5 heteroatoms. The van der Waals surface area contributed by atoms with Crippen molar-refractivity contribution in [2.24, 2.45) is 0 Å². The second-order valence-corrected chi connectivity index (χ2v) is 6.98. The number of rotatable bonds is 4. The number of hydrogen-bond donors (Lipinski definition) is 1. The molecule has 25 heavy (non-hydrogen) atoms. The molecule has 0 radical (unpaired) electrons. The highest BCUT2D eigenvalue weighted by molar-refractivity contribution is 7.11.